The van der Waals surface area contributed by atoms with E-state index in [9.17, 15) is 9.59 Å². The number of thioether (sulfide) groups is 1. The third-order valence-electron chi connectivity index (χ3n) is 4.83. The van der Waals surface area contributed by atoms with Crippen LogP contribution in [0.5, 0.6) is 0 Å². The molecule has 1 aliphatic rings. The van der Waals surface area contributed by atoms with E-state index in [4.69, 9.17) is 0 Å². The zero-order chi connectivity index (χ0) is 20.5. The minimum Gasteiger partial charge on any atom is -0.368 e. The van der Waals surface area contributed by atoms with Crippen molar-refractivity contribution in [2.24, 2.45) is 0 Å². The van der Waals surface area contributed by atoms with Crippen LogP contribution in [0.3, 0.4) is 0 Å². The summed E-state index contributed by atoms with van der Waals surface area (Å²) in [5.41, 5.74) is 1.20. The Labute approximate surface area is 185 Å². The zero-order valence-corrected chi connectivity index (χ0v) is 18.8. The van der Waals surface area contributed by atoms with Gasteiger partial charge in [0.25, 0.3) is 0 Å². The van der Waals surface area contributed by atoms with Crippen molar-refractivity contribution in [1.29, 1.82) is 0 Å². The highest BCUT2D eigenvalue weighted by Crippen LogP contribution is 2.21. The van der Waals surface area contributed by atoms with E-state index in [2.05, 4.69) is 38.3 Å². The summed E-state index contributed by atoms with van der Waals surface area (Å²) in [6, 6.07) is 18.3. The lowest BCUT2D eigenvalue weighted by atomic mass is 10.2. The molecule has 0 radical (unpaired) electrons. The third kappa shape index (κ3) is 7.08. The number of nitrogens with zero attached hydrogens (tertiary/aromatic N) is 2. The normalized spacial score (nSPS) is 14.0. The first kappa shape index (κ1) is 21.7. The summed E-state index contributed by atoms with van der Waals surface area (Å²) < 4.78 is 1.05. The van der Waals surface area contributed by atoms with E-state index in [1.807, 2.05) is 47.4 Å². The smallest absolute Gasteiger partial charge is 0.224 e. The second kappa shape index (κ2) is 11.3. The van der Waals surface area contributed by atoms with E-state index in [1.54, 1.807) is 11.8 Å². The molecule has 0 atom stereocenters. The molecule has 1 N–H and O–H groups in total. The average molecular weight is 476 g/mol. The molecule has 0 unspecified atom stereocenters. The van der Waals surface area contributed by atoms with Crippen LogP contribution in [0.4, 0.5) is 5.69 Å². The summed E-state index contributed by atoms with van der Waals surface area (Å²) >= 11 is 5.07. The Kier molecular flexibility index (Phi) is 8.43. The average Bonchev–Trinajstić information content (AvgIpc) is 2.76. The summed E-state index contributed by atoms with van der Waals surface area (Å²) in [4.78, 5) is 29.7. The predicted molar refractivity (Wildman–Crippen MR) is 122 cm³/mol. The molecule has 154 valence electrons. The molecular weight excluding hydrogens is 450 g/mol. The molecule has 0 aliphatic carbocycles. The highest BCUT2D eigenvalue weighted by Gasteiger charge is 2.20. The van der Waals surface area contributed by atoms with Gasteiger partial charge in [-0.1, -0.05) is 34.1 Å². The van der Waals surface area contributed by atoms with Gasteiger partial charge < -0.3 is 15.1 Å². The molecule has 2 aromatic rings. The van der Waals surface area contributed by atoms with Crippen LogP contribution in [0, 0.1) is 0 Å². The molecule has 0 spiro atoms. The number of carbonyl (C=O) groups excluding carboxylic acids is 2. The fourth-order valence-corrected chi connectivity index (χ4v) is 4.32. The molecule has 1 saturated heterocycles. The number of piperazine rings is 1. The Morgan fingerprint density at radius 2 is 1.62 bits per heavy atom. The van der Waals surface area contributed by atoms with Gasteiger partial charge in [0.05, 0.1) is 0 Å². The number of rotatable bonds is 8. The maximum Gasteiger partial charge on any atom is 0.224 e. The molecule has 0 aromatic heterocycles. The van der Waals surface area contributed by atoms with Gasteiger partial charge in [-0.3, -0.25) is 9.59 Å². The number of anilines is 1. The number of amides is 2. The Balaban J connectivity index is 1.28. The van der Waals surface area contributed by atoms with E-state index in [0.717, 1.165) is 41.3 Å². The number of para-hydroxylation sites is 1. The number of hydrogen-bond donors (Lipinski definition) is 1. The van der Waals surface area contributed by atoms with Gasteiger partial charge >= 0.3 is 0 Å². The third-order valence-corrected chi connectivity index (χ3v) is 6.37. The maximum atomic E-state index is 12.4. The molecule has 3 rings (SSSR count). The second-order valence-corrected chi connectivity index (χ2v) is 8.94. The molecule has 1 aliphatic heterocycles. The van der Waals surface area contributed by atoms with Gasteiger partial charge in [-0.05, 0) is 36.4 Å². The van der Waals surface area contributed by atoms with Crippen molar-refractivity contribution < 1.29 is 9.59 Å². The summed E-state index contributed by atoms with van der Waals surface area (Å²) in [7, 11) is 0. The molecule has 1 heterocycles. The Morgan fingerprint density at radius 3 is 2.31 bits per heavy atom. The summed E-state index contributed by atoms with van der Waals surface area (Å²) in [6.07, 6.45) is 0.807. The van der Waals surface area contributed by atoms with Crippen LogP contribution in [0.1, 0.15) is 12.8 Å². The molecular formula is C22H26BrN3O2S. The number of carbonyl (C=O) groups is 2. The molecule has 2 amide bonds. The summed E-state index contributed by atoms with van der Waals surface area (Å²) in [5.74, 6) is 0.835. The van der Waals surface area contributed by atoms with Crippen molar-refractivity contribution in [1.82, 2.24) is 10.2 Å². The highest BCUT2D eigenvalue weighted by molar-refractivity contribution is 9.10. The van der Waals surface area contributed by atoms with Crippen LogP contribution in [0.25, 0.3) is 0 Å². The Hall–Kier alpha value is -1.99. The van der Waals surface area contributed by atoms with E-state index < -0.39 is 0 Å². The largest absolute Gasteiger partial charge is 0.368 e. The van der Waals surface area contributed by atoms with Crippen LogP contribution in [-0.4, -0.2) is 55.2 Å². The molecule has 7 heteroatoms. The van der Waals surface area contributed by atoms with Crippen molar-refractivity contribution >= 4 is 45.2 Å². The maximum absolute atomic E-state index is 12.4. The summed E-state index contributed by atoms with van der Waals surface area (Å²) in [5, 5.41) is 2.86. The summed E-state index contributed by atoms with van der Waals surface area (Å²) in [6.45, 7) is 3.54. The number of hydrogen-bond acceptors (Lipinski definition) is 4. The molecule has 29 heavy (non-hydrogen) atoms. The Bertz CT molecular complexity index is 793. The van der Waals surface area contributed by atoms with Crippen molar-refractivity contribution in [3.8, 4) is 0 Å². The second-order valence-electron chi connectivity index (χ2n) is 6.86. The van der Waals surface area contributed by atoms with Gasteiger partial charge in [0, 0.05) is 66.4 Å². The molecule has 1 fully saturated rings. The van der Waals surface area contributed by atoms with Crippen molar-refractivity contribution in [2.75, 3.05) is 43.4 Å². The van der Waals surface area contributed by atoms with Gasteiger partial charge in [-0.25, -0.2) is 0 Å². The van der Waals surface area contributed by atoms with E-state index in [0.29, 0.717) is 19.4 Å². The topological polar surface area (TPSA) is 52.7 Å². The van der Waals surface area contributed by atoms with Gasteiger partial charge in [0.15, 0.2) is 0 Å². The SMILES string of the molecule is O=C(CCSc1ccc(Br)cc1)NCCC(=O)N1CCN(c2ccccc2)CC1. The predicted octanol–water partition coefficient (Wildman–Crippen LogP) is 3.79. The van der Waals surface area contributed by atoms with Crippen LogP contribution in [0.15, 0.2) is 64.0 Å². The quantitative estimate of drug-likeness (QED) is 0.590. The van der Waals surface area contributed by atoms with Crippen LogP contribution in [-0.2, 0) is 9.59 Å². The number of halogens is 1. The van der Waals surface area contributed by atoms with Crippen LogP contribution in [0.2, 0.25) is 0 Å². The van der Waals surface area contributed by atoms with E-state index >= 15 is 0 Å². The van der Waals surface area contributed by atoms with Gasteiger partial charge in [0.2, 0.25) is 11.8 Å². The first-order valence-corrected chi connectivity index (χ1v) is 11.6. The fourth-order valence-electron chi connectivity index (χ4n) is 3.20. The van der Waals surface area contributed by atoms with E-state index in [1.165, 1.54) is 5.69 Å². The van der Waals surface area contributed by atoms with Crippen LogP contribution >= 0.6 is 27.7 Å². The minimum absolute atomic E-state index is 0.00342. The van der Waals surface area contributed by atoms with Gasteiger partial charge in [-0.2, -0.15) is 0 Å². The first-order valence-electron chi connectivity index (χ1n) is 9.84. The highest BCUT2D eigenvalue weighted by atomic mass is 79.9. The lowest BCUT2D eigenvalue weighted by Gasteiger charge is -2.36. The zero-order valence-electron chi connectivity index (χ0n) is 16.4. The standard InChI is InChI=1S/C22H26BrN3O2S/c23-18-6-8-20(9-7-18)29-17-11-21(27)24-12-10-22(28)26-15-13-25(14-16-26)19-4-2-1-3-5-19/h1-9H,10-17H2,(H,24,27). The monoisotopic (exact) mass is 475 g/mol. The number of nitrogens with one attached hydrogen (secondary N) is 1. The van der Waals surface area contributed by atoms with Gasteiger partial charge in [-0.15, -0.1) is 11.8 Å². The van der Waals surface area contributed by atoms with Crippen molar-refractivity contribution in [3.63, 3.8) is 0 Å². The molecule has 0 bridgehead atoms. The molecule has 2 aromatic carbocycles. The Morgan fingerprint density at radius 1 is 0.931 bits per heavy atom. The fraction of sp³-hybridized carbons (Fsp3) is 0.364. The van der Waals surface area contributed by atoms with Crippen molar-refractivity contribution in [2.45, 2.75) is 17.7 Å². The molecule has 0 saturated carbocycles. The number of benzene rings is 2. The lowest BCUT2D eigenvalue weighted by molar-refractivity contribution is -0.131. The van der Waals surface area contributed by atoms with E-state index in [-0.39, 0.29) is 11.8 Å². The van der Waals surface area contributed by atoms with Crippen LogP contribution < -0.4 is 10.2 Å². The lowest BCUT2D eigenvalue weighted by Crippen LogP contribution is -2.49. The minimum atomic E-state index is -0.00342. The molecule has 5 nitrogen and oxygen atoms in total. The van der Waals surface area contributed by atoms with Crippen molar-refractivity contribution in [3.05, 3.63) is 59.1 Å². The van der Waals surface area contributed by atoms with Gasteiger partial charge in [0.1, 0.15) is 0 Å². The first-order chi connectivity index (χ1) is 14.1.